The third-order valence-corrected chi connectivity index (χ3v) is 2.94. The second-order valence-corrected chi connectivity index (χ2v) is 4.94. The summed E-state index contributed by atoms with van der Waals surface area (Å²) in [6.07, 6.45) is 0. The molecule has 0 saturated carbocycles. The molecule has 1 aromatic heterocycles. The molecule has 0 amide bonds. The average Bonchev–Trinajstić information content (AvgIpc) is 2.55. The number of aromatic nitrogens is 1. The van der Waals surface area contributed by atoms with Crippen LogP contribution in [0.1, 0.15) is 26.7 Å². The molecular formula is C13H18N2O2. The molecule has 1 unspecified atom stereocenters. The van der Waals surface area contributed by atoms with Crippen LogP contribution in [0.3, 0.4) is 0 Å². The number of benzene rings is 1. The van der Waals surface area contributed by atoms with Gasteiger partial charge in [-0.2, -0.15) is 0 Å². The van der Waals surface area contributed by atoms with Crippen molar-refractivity contribution >= 4 is 16.8 Å². The molecule has 0 saturated heterocycles. The Kier molecular flexibility index (Phi) is 2.83. The molecule has 17 heavy (non-hydrogen) atoms. The molecule has 4 nitrogen and oxygen atoms in total. The highest BCUT2D eigenvalue weighted by Gasteiger charge is 2.22. The minimum absolute atomic E-state index is 0.0482. The lowest BCUT2D eigenvalue weighted by atomic mass is 10.0. The highest BCUT2D eigenvalue weighted by molar-refractivity contribution is 5.77. The van der Waals surface area contributed by atoms with Gasteiger partial charge in [-0.1, -0.05) is 0 Å². The number of hydrogen-bond acceptors (Lipinski definition) is 4. The largest absolute Gasteiger partial charge is 0.441 e. The minimum atomic E-state index is -0.769. The summed E-state index contributed by atoms with van der Waals surface area (Å²) in [6, 6.07) is 5.69. The van der Waals surface area contributed by atoms with E-state index in [1.165, 1.54) is 0 Å². The van der Waals surface area contributed by atoms with E-state index in [0.717, 1.165) is 16.8 Å². The van der Waals surface area contributed by atoms with Gasteiger partial charge < -0.3 is 14.8 Å². The molecule has 0 bridgehead atoms. The van der Waals surface area contributed by atoms with E-state index in [0.29, 0.717) is 5.89 Å². The van der Waals surface area contributed by atoms with E-state index in [1.807, 2.05) is 32.0 Å². The topological polar surface area (TPSA) is 58.3 Å². The van der Waals surface area contributed by atoms with Crippen LogP contribution in [-0.2, 0) is 0 Å². The first kappa shape index (κ1) is 11.9. The van der Waals surface area contributed by atoms with E-state index in [1.54, 1.807) is 13.8 Å². The van der Waals surface area contributed by atoms with Crippen LogP contribution >= 0.6 is 0 Å². The molecule has 1 atom stereocenters. The van der Waals surface area contributed by atoms with Gasteiger partial charge in [0.05, 0.1) is 11.6 Å². The Morgan fingerprint density at radius 3 is 2.76 bits per heavy atom. The van der Waals surface area contributed by atoms with Crippen molar-refractivity contribution in [2.75, 3.05) is 5.32 Å². The smallest absolute Gasteiger partial charge is 0.192 e. The van der Waals surface area contributed by atoms with Gasteiger partial charge in [0.2, 0.25) is 0 Å². The van der Waals surface area contributed by atoms with E-state index in [4.69, 9.17) is 4.42 Å². The number of nitrogens with one attached hydrogen (secondary N) is 1. The minimum Gasteiger partial charge on any atom is -0.441 e. The molecule has 0 aliphatic carbocycles. The lowest BCUT2D eigenvalue weighted by molar-refractivity contribution is 0.0649. The molecule has 1 heterocycles. The fraction of sp³-hybridized carbons (Fsp3) is 0.462. The molecule has 0 aliphatic rings. The molecule has 0 radical (unpaired) electrons. The summed E-state index contributed by atoms with van der Waals surface area (Å²) in [7, 11) is 0. The van der Waals surface area contributed by atoms with Crippen molar-refractivity contribution in [3.8, 4) is 0 Å². The predicted molar refractivity (Wildman–Crippen MR) is 68.1 cm³/mol. The van der Waals surface area contributed by atoms with E-state index < -0.39 is 5.60 Å². The molecule has 0 aliphatic heterocycles. The number of aryl methyl sites for hydroxylation is 1. The quantitative estimate of drug-likeness (QED) is 0.857. The Labute approximate surface area is 101 Å². The summed E-state index contributed by atoms with van der Waals surface area (Å²) in [6.45, 7) is 7.33. The molecule has 92 valence electrons. The third-order valence-electron chi connectivity index (χ3n) is 2.94. The lowest BCUT2D eigenvalue weighted by Crippen LogP contribution is -2.39. The Hall–Kier alpha value is -1.55. The van der Waals surface area contributed by atoms with Crippen molar-refractivity contribution in [3.63, 3.8) is 0 Å². The fourth-order valence-corrected chi connectivity index (χ4v) is 1.56. The maximum Gasteiger partial charge on any atom is 0.192 e. The van der Waals surface area contributed by atoms with Crippen LogP contribution < -0.4 is 5.32 Å². The number of oxazole rings is 1. The first-order valence-electron chi connectivity index (χ1n) is 5.72. The van der Waals surface area contributed by atoms with Crippen molar-refractivity contribution in [3.05, 3.63) is 24.1 Å². The van der Waals surface area contributed by atoms with Crippen molar-refractivity contribution < 1.29 is 9.52 Å². The van der Waals surface area contributed by atoms with Gasteiger partial charge in [0.1, 0.15) is 5.52 Å². The van der Waals surface area contributed by atoms with Crippen molar-refractivity contribution in [1.82, 2.24) is 4.98 Å². The summed E-state index contributed by atoms with van der Waals surface area (Å²) in [4.78, 5) is 4.27. The van der Waals surface area contributed by atoms with Crippen LogP contribution in [0, 0.1) is 6.92 Å². The van der Waals surface area contributed by atoms with E-state index in [2.05, 4.69) is 10.3 Å². The molecule has 4 heteroatoms. The first-order chi connectivity index (χ1) is 7.86. The summed E-state index contributed by atoms with van der Waals surface area (Å²) in [5.41, 5.74) is 1.77. The molecule has 1 aromatic carbocycles. The number of fused-ring (bicyclic) bond motifs is 1. The zero-order valence-electron chi connectivity index (χ0n) is 10.6. The molecule has 2 aromatic rings. The Bertz CT molecular complexity index is 526. The van der Waals surface area contributed by atoms with Crippen LogP contribution in [0.2, 0.25) is 0 Å². The van der Waals surface area contributed by atoms with Crippen molar-refractivity contribution in [1.29, 1.82) is 0 Å². The van der Waals surface area contributed by atoms with Crippen LogP contribution in [-0.4, -0.2) is 21.7 Å². The number of rotatable bonds is 3. The van der Waals surface area contributed by atoms with Crippen LogP contribution in [0.4, 0.5) is 5.69 Å². The third kappa shape index (κ3) is 2.58. The molecular weight excluding hydrogens is 216 g/mol. The van der Waals surface area contributed by atoms with Gasteiger partial charge in [-0.05, 0) is 39.0 Å². The van der Waals surface area contributed by atoms with Crippen molar-refractivity contribution in [2.24, 2.45) is 0 Å². The highest BCUT2D eigenvalue weighted by atomic mass is 16.3. The van der Waals surface area contributed by atoms with Gasteiger partial charge in [-0.15, -0.1) is 0 Å². The maximum absolute atomic E-state index is 9.87. The molecule has 0 fully saturated rings. The lowest BCUT2D eigenvalue weighted by Gasteiger charge is -2.27. The molecule has 2 N–H and O–H groups in total. The van der Waals surface area contributed by atoms with E-state index in [9.17, 15) is 5.11 Å². The van der Waals surface area contributed by atoms with Crippen molar-refractivity contribution in [2.45, 2.75) is 39.3 Å². The van der Waals surface area contributed by atoms with E-state index in [-0.39, 0.29) is 6.04 Å². The monoisotopic (exact) mass is 234 g/mol. The molecule has 2 rings (SSSR count). The summed E-state index contributed by atoms with van der Waals surface area (Å²) < 4.78 is 5.41. The first-order valence-corrected chi connectivity index (χ1v) is 5.72. The van der Waals surface area contributed by atoms with Gasteiger partial charge in [0.15, 0.2) is 11.5 Å². The second kappa shape index (κ2) is 4.04. The summed E-state index contributed by atoms with van der Waals surface area (Å²) in [5.74, 6) is 0.660. The predicted octanol–water partition coefficient (Wildman–Crippen LogP) is 2.71. The molecule has 0 spiro atoms. The van der Waals surface area contributed by atoms with Gasteiger partial charge in [-0.25, -0.2) is 4.98 Å². The van der Waals surface area contributed by atoms with Gasteiger partial charge in [-0.3, -0.25) is 0 Å². The maximum atomic E-state index is 9.87. The SMILES string of the molecule is Cc1nc2cc(NC(C)C(C)(C)O)ccc2o1. The zero-order chi connectivity index (χ0) is 12.6. The average molecular weight is 234 g/mol. The van der Waals surface area contributed by atoms with Crippen LogP contribution in [0.5, 0.6) is 0 Å². The number of hydrogen-bond donors (Lipinski definition) is 2. The Morgan fingerprint density at radius 2 is 2.12 bits per heavy atom. The van der Waals surface area contributed by atoms with E-state index >= 15 is 0 Å². The number of anilines is 1. The zero-order valence-corrected chi connectivity index (χ0v) is 10.6. The van der Waals surface area contributed by atoms with Gasteiger partial charge >= 0.3 is 0 Å². The Morgan fingerprint density at radius 1 is 1.41 bits per heavy atom. The highest BCUT2D eigenvalue weighted by Crippen LogP contribution is 2.21. The van der Waals surface area contributed by atoms with Crippen LogP contribution in [0.25, 0.3) is 11.1 Å². The summed E-state index contributed by atoms with van der Waals surface area (Å²) >= 11 is 0. The van der Waals surface area contributed by atoms with Gasteiger partial charge in [0, 0.05) is 12.6 Å². The number of aliphatic hydroxyl groups is 1. The fourth-order valence-electron chi connectivity index (χ4n) is 1.56. The standard InChI is InChI=1S/C13H18N2O2/c1-8(13(3,4)16)14-10-5-6-12-11(7-10)15-9(2)17-12/h5-8,14,16H,1-4H3. The summed E-state index contributed by atoms with van der Waals surface area (Å²) in [5, 5.41) is 13.1. The number of nitrogens with zero attached hydrogens (tertiary/aromatic N) is 1. The second-order valence-electron chi connectivity index (χ2n) is 4.94. The van der Waals surface area contributed by atoms with Crippen LogP contribution in [0.15, 0.2) is 22.6 Å². The van der Waals surface area contributed by atoms with Gasteiger partial charge in [0.25, 0.3) is 0 Å². The normalized spacial score (nSPS) is 13.9. The Balaban J connectivity index is 2.25.